The summed E-state index contributed by atoms with van der Waals surface area (Å²) < 4.78 is 6.73. The minimum atomic E-state index is -0.422. The zero-order chi connectivity index (χ0) is 17.8. The number of aromatic nitrogens is 3. The maximum absolute atomic E-state index is 12.1. The highest BCUT2D eigenvalue weighted by Gasteiger charge is 2.16. The molecule has 0 saturated carbocycles. The van der Waals surface area contributed by atoms with Gasteiger partial charge in [-0.1, -0.05) is 17.7 Å². The molecule has 0 radical (unpaired) electrons. The number of nitrogens with one attached hydrogen (secondary N) is 1. The minimum Gasteiger partial charge on any atom is -0.497 e. The van der Waals surface area contributed by atoms with Crippen molar-refractivity contribution in [2.45, 2.75) is 6.54 Å². The number of rotatable bonds is 5. The first-order valence-electron chi connectivity index (χ1n) is 7.44. The van der Waals surface area contributed by atoms with Crippen molar-refractivity contribution < 1.29 is 9.53 Å². The number of hydrogen-bond donors (Lipinski definition) is 2. The van der Waals surface area contributed by atoms with Crippen molar-refractivity contribution in [1.29, 1.82) is 0 Å². The van der Waals surface area contributed by atoms with Gasteiger partial charge in [0.2, 0.25) is 0 Å². The number of nitrogen functional groups attached to an aromatic ring is 1. The van der Waals surface area contributed by atoms with Crippen LogP contribution in [-0.4, -0.2) is 27.8 Å². The molecule has 0 fully saturated rings. The molecule has 0 spiro atoms. The van der Waals surface area contributed by atoms with Crippen molar-refractivity contribution >= 4 is 17.5 Å². The van der Waals surface area contributed by atoms with Crippen LogP contribution >= 0.6 is 11.6 Å². The molecule has 3 N–H and O–H groups in total. The van der Waals surface area contributed by atoms with Crippen LogP contribution in [0.3, 0.4) is 0 Å². The third-order valence-corrected chi connectivity index (χ3v) is 3.87. The Balaban J connectivity index is 1.96. The number of carbonyl (C=O) groups is 1. The van der Waals surface area contributed by atoms with E-state index in [1.165, 1.54) is 0 Å². The maximum atomic E-state index is 12.1. The number of methoxy groups -OCH3 is 1. The van der Waals surface area contributed by atoms with Gasteiger partial charge in [0.25, 0.3) is 5.91 Å². The Morgan fingerprint density at radius 3 is 2.64 bits per heavy atom. The summed E-state index contributed by atoms with van der Waals surface area (Å²) in [6, 6.07) is 12.6. The molecule has 2 aromatic heterocycles. The van der Waals surface area contributed by atoms with E-state index in [0.29, 0.717) is 23.1 Å². The SMILES string of the molecule is COc1ccc(-c2cc(C(=O)NN)n(Cc3ccc(Cl)nc3)n2)cc1. The van der Waals surface area contributed by atoms with Crippen LogP contribution in [0.2, 0.25) is 5.15 Å². The van der Waals surface area contributed by atoms with Gasteiger partial charge in [-0.05, 0) is 42.0 Å². The molecular formula is C17H16ClN5O2. The van der Waals surface area contributed by atoms with Crippen molar-refractivity contribution in [2.24, 2.45) is 5.84 Å². The number of halogens is 1. The van der Waals surface area contributed by atoms with Crippen LogP contribution in [0, 0.1) is 0 Å². The second kappa shape index (κ2) is 7.33. The molecule has 0 aliphatic carbocycles. The van der Waals surface area contributed by atoms with Crippen LogP contribution in [0.25, 0.3) is 11.3 Å². The lowest BCUT2D eigenvalue weighted by atomic mass is 10.1. The number of hydrogen-bond acceptors (Lipinski definition) is 5. The Labute approximate surface area is 149 Å². The number of nitrogens with zero attached hydrogens (tertiary/aromatic N) is 3. The Hall–Kier alpha value is -2.90. The molecule has 8 heteroatoms. The van der Waals surface area contributed by atoms with Gasteiger partial charge in [0, 0.05) is 11.8 Å². The molecule has 0 aliphatic heterocycles. The number of pyridine rings is 1. The number of hydrazine groups is 1. The molecule has 3 aromatic rings. The van der Waals surface area contributed by atoms with Crippen molar-refractivity contribution in [2.75, 3.05) is 7.11 Å². The van der Waals surface area contributed by atoms with Gasteiger partial charge in [-0.25, -0.2) is 10.8 Å². The molecule has 128 valence electrons. The molecular weight excluding hydrogens is 342 g/mol. The van der Waals surface area contributed by atoms with Crippen molar-refractivity contribution in [3.05, 3.63) is 65.1 Å². The molecule has 25 heavy (non-hydrogen) atoms. The third-order valence-electron chi connectivity index (χ3n) is 3.65. The van der Waals surface area contributed by atoms with Gasteiger partial charge in [0.15, 0.2) is 0 Å². The third kappa shape index (κ3) is 3.78. The van der Waals surface area contributed by atoms with Crippen LogP contribution < -0.4 is 16.0 Å². The monoisotopic (exact) mass is 357 g/mol. The second-order valence-corrected chi connectivity index (χ2v) is 5.65. The summed E-state index contributed by atoms with van der Waals surface area (Å²) in [5.74, 6) is 5.61. The zero-order valence-corrected chi connectivity index (χ0v) is 14.2. The van der Waals surface area contributed by atoms with Crippen molar-refractivity contribution in [3.8, 4) is 17.0 Å². The van der Waals surface area contributed by atoms with Crippen LogP contribution in [-0.2, 0) is 6.54 Å². The lowest BCUT2D eigenvalue weighted by Crippen LogP contribution is -2.32. The Kier molecular flexibility index (Phi) is 4.97. The van der Waals surface area contributed by atoms with Gasteiger partial charge in [-0.2, -0.15) is 5.10 Å². The summed E-state index contributed by atoms with van der Waals surface area (Å²) in [5.41, 5.74) is 4.87. The van der Waals surface area contributed by atoms with Crippen LogP contribution in [0.1, 0.15) is 16.1 Å². The molecule has 0 atom stereocenters. The lowest BCUT2D eigenvalue weighted by molar-refractivity contribution is 0.0943. The van der Waals surface area contributed by atoms with E-state index >= 15 is 0 Å². The molecule has 0 saturated heterocycles. The summed E-state index contributed by atoms with van der Waals surface area (Å²) in [6.07, 6.45) is 1.64. The van der Waals surface area contributed by atoms with E-state index in [1.807, 2.05) is 30.3 Å². The average Bonchev–Trinajstić information content (AvgIpc) is 3.07. The fourth-order valence-corrected chi connectivity index (χ4v) is 2.48. The fraction of sp³-hybridized carbons (Fsp3) is 0.118. The highest BCUT2D eigenvalue weighted by molar-refractivity contribution is 6.29. The summed E-state index contributed by atoms with van der Waals surface area (Å²) in [7, 11) is 1.60. The molecule has 7 nitrogen and oxygen atoms in total. The topological polar surface area (TPSA) is 95.1 Å². The first-order valence-corrected chi connectivity index (χ1v) is 7.82. The minimum absolute atomic E-state index is 0.350. The van der Waals surface area contributed by atoms with Gasteiger partial charge in [-0.15, -0.1) is 0 Å². The standard InChI is InChI=1S/C17H16ClN5O2/c1-25-13-5-3-12(4-6-13)14-8-15(17(24)21-19)23(22-14)10-11-2-7-16(18)20-9-11/h2-9H,10,19H2,1H3,(H,21,24). The molecule has 1 amide bonds. The van der Waals surface area contributed by atoms with E-state index in [1.54, 1.807) is 30.1 Å². The van der Waals surface area contributed by atoms with E-state index in [-0.39, 0.29) is 0 Å². The second-order valence-electron chi connectivity index (χ2n) is 5.26. The van der Waals surface area contributed by atoms with E-state index in [4.69, 9.17) is 22.2 Å². The molecule has 3 rings (SSSR count). The van der Waals surface area contributed by atoms with E-state index in [9.17, 15) is 4.79 Å². The van der Waals surface area contributed by atoms with Crippen LogP contribution in [0.5, 0.6) is 5.75 Å². The van der Waals surface area contributed by atoms with E-state index in [0.717, 1.165) is 16.9 Å². The first kappa shape index (κ1) is 16.9. The number of carbonyl (C=O) groups excluding carboxylic acids is 1. The molecule has 0 bridgehead atoms. The molecule has 2 heterocycles. The smallest absolute Gasteiger partial charge is 0.283 e. The number of benzene rings is 1. The normalized spacial score (nSPS) is 10.5. The zero-order valence-electron chi connectivity index (χ0n) is 13.4. The number of amides is 1. The summed E-state index contributed by atoms with van der Waals surface area (Å²) in [4.78, 5) is 16.1. The Morgan fingerprint density at radius 1 is 1.28 bits per heavy atom. The quantitative estimate of drug-likeness (QED) is 0.316. The maximum Gasteiger partial charge on any atom is 0.283 e. The first-order chi connectivity index (χ1) is 12.1. The van der Waals surface area contributed by atoms with Crippen LogP contribution in [0.4, 0.5) is 0 Å². The Bertz CT molecular complexity index is 875. The van der Waals surface area contributed by atoms with Crippen molar-refractivity contribution in [1.82, 2.24) is 20.2 Å². The molecule has 0 unspecified atom stereocenters. The number of ether oxygens (including phenoxy) is 1. The molecule has 1 aromatic carbocycles. The summed E-state index contributed by atoms with van der Waals surface area (Å²) in [5, 5.41) is 4.93. The lowest BCUT2D eigenvalue weighted by Gasteiger charge is -2.06. The predicted molar refractivity (Wildman–Crippen MR) is 94.2 cm³/mol. The van der Waals surface area contributed by atoms with Gasteiger partial charge in [0.05, 0.1) is 19.3 Å². The van der Waals surface area contributed by atoms with E-state index < -0.39 is 5.91 Å². The Morgan fingerprint density at radius 2 is 2.04 bits per heavy atom. The average molecular weight is 358 g/mol. The van der Waals surface area contributed by atoms with Gasteiger partial charge in [-0.3, -0.25) is 14.9 Å². The van der Waals surface area contributed by atoms with E-state index in [2.05, 4.69) is 15.5 Å². The highest BCUT2D eigenvalue weighted by Crippen LogP contribution is 2.23. The van der Waals surface area contributed by atoms with Gasteiger partial charge < -0.3 is 4.74 Å². The fourth-order valence-electron chi connectivity index (χ4n) is 2.37. The summed E-state index contributed by atoms with van der Waals surface area (Å²) >= 11 is 5.80. The summed E-state index contributed by atoms with van der Waals surface area (Å²) in [6.45, 7) is 0.364. The molecule has 0 aliphatic rings. The van der Waals surface area contributed by atoms with Crippen LogP contribution in [0.15, 0.2) is 48.7 Å². The number of nitrogens with two attached hydrogens (primary N) is 1. The highest BCUT2D eigenvalue weighted by atomic mass is 35.5. The van der Waals surface area contributed by atoms with Gasteiger partial charge in [0.1, 0.15) is 16.6 Å². The predicted octanol–water partition coefficient (Wildman–Crippen LogP) is 2.26. The van der Waals surface area contributed by atoms with Crippen molar-refractivity contribution in [3.63, 3.8) is 0 Å². The largest absolute Gasteiger partial charge is 0.497 e. The van der Waals surface area contributed by atoms with Gasteiger partial charge >= 0.3 is 0 Å².